The van der Waals surface area contributed by atoms with Gasteiger partial charge in [-0.05, 0) is 6.92 Å². The van der Waals surface area contributed by atoms with Crippen LogP contribution >= 0.6 is 0 Å². The highest BCUT2D eigenvalue weighted by molar-refractivity contribution is 5.93. The Bertz CT molecular complexity index is 282. The highest BCUT2D eigenvalue weighted by Gasteiger charge is 2.16. The van der Waals surface area contributed by atoms with Crippen LogP contribution in [0.4, 0.5) is 0 Å². The summed E-state index contributed by atoms with van der Waals surface area (Å²) in [6.45, 7) is 1.69. The lowest BCUT2D eigenvalue weighted by Gasteiger charge is -2.11. The summed E-state index contributed by atoms with van der Waals surface area (Å²) in [5.41, 5.74) is 0.975. The lowest BCUT2D eigenvalue weighted by atomic mass is 10.2. The molecule has 0 unspecified atom stereocenters. The summed E-state index contributed by atoms with van der Waals surface area (Å²) in [5.74, 6) is -0.267. The smallest absolute Gasteiger partial charge is 0.282 e. The average molecular weight is 170 g/mol. The van der Waals surface area contributed by atoms with Gasteiger partial charge in [0.15, 0.2) is 0 Å². The van der Waals surface area contributed by atoms with E-state index in [1.807, 2.05) is 0 Å². The Balaban J connectivity index is 2.85. The summed E-state index contributed by atoms with van der Waals surface area (Å²) in [7, 11) is 2.94. The van der Waals surface area contributed by atoms with Crippen LogP contribution in [0.1, 0.15) is 16.1 Å². The van der Waals surface area contributed by atoms with Crippen LogP contribution in [0.5, 0.6) is 0 Å². The summed E-state index contributed by atoms with van der Waals surface area (Å²) in [6.07, 6.45) is 1.30. The molecule has 1 rings (SSSR count). The van der Waals surface area contributed by atoms with E-state index in [1.54, 1.807) is 6.92 Å². The van der Waals surface area contributed by atoms with E-state index in [0.717, 1.165) is 5.06 Å². The molecule has 1 aromatic rings. The van der Waals surface area contributed by atoms with Gasteiger partial charge in [0.25, 0.3) is 5.91 Å². The van der Waals surface area contributed by atoms with Crippen molar-refractivity contribution < 1.29 is 14.2 Å². The fraction of sp³-hybridized carbons (Fsp3) is 0.429. The number of aromatic nitrogens is 1. The standard InChI is InChI=1S/C7H10N2O3/c1-5-6(4-12-8-5)7(10)9(2)11-3/h4H,1-3H3. The van der Waals surface area contributed by atoms with E-state index in [2.05, 4.69) is 9.68 Å². The monoisotopic (exact) mass is 170 g/mol. The van der Waals surface area contributed by atoms with Gasteiger partial charge in [0.2, 0.25) is 0 Å². The van der Waals surface area contributed by atoms with Gasteiger partial charge >= 0.3 is 0 Å². The van der Waals surface area contributed by atoms with Crippen molar-refractivity contribution in [1.82, 2.24) is 10.2 Å². The Morgan fingerprint density at radius 2 is 2.42 bits per heavy atom. The van der Waals surface area contributed by atoms with Gasteiger partial charge in [-0.15, -0.1) is 0 Å². The number of carbonyl (C=O) groups excluding carboxylic acids is 1. The zero-order chi connectivity index (χ0) is 9.14. The van der Waals surface area contributed by atoms with Crippen LogP contribution in [0.15, 0.2) is 10.8 Å². The van der Waals surface area contributed by atoms with Gasteiger partial charge < -0.3 is 4.52 Å². The van der Waals surface area contributed by atoms with Crippen LogP contribution in [0, 0.1) is 6.92 Å². The van der Waals surface area contributed by atoms with Crippen molar-refractivity contribution in [2.75, 3.05) is 14.2 Å². The maximum atomic E-state index is 11.4. The van der Waals surface area contributed by atoms with Gasteiger partial charge in [-0.25, -0.2) is 5.06 Å². The fourth-order valence-electron chi connectivity index (χ4n) is 0.750. The summed E-state index contributed by atoms with van der Waals surface area (Å²) >= 11 is 0. The first-order valence-electron chi connectivity index (χ1n) is 3.40. The molecular weight excluding hydrogens is 160 g/mol. The molecular formula is C7H10N2O3. The maximum Gasteiger partial charge on any atom is 0.282 e. The Kier molecular flexibility index (Phi) is 2.44. The fourth-order valence-corrected chi connectivity index (χ4v) is 0.750. The number of rotatable bonds is 2. The van der Waals surface area contributed by atoms with Crippen LogP contribution in [0.3, 0.4) is 0 Å². The van der Waals surface area contributed by atoms with Crippen molar-refractivity contribution in [2.24, 2.45) is 0 Å². The topological polar surface area (TPSA) is 55.6 Å². The minimum Gasteiger partial charge on any atom is -0.364 e. The van der Waals surface area contributed by atoms with Crippen molar-refractivity contribution in [2.45, 2.75) is 6.92 Å². The SMILES string of the molecule is CON(C)C(=O)c1conc1C. The van der Waals surface area contributed by atoms with E-state index in [9.17, 15) is 4.79 Å². The van der Waals surface area contributed by atoms with Crippen LogP contribution in [0.25, 0.3) is 0 Å². The number of hydrogen-bond donors (Lipinski definition) is 0. The number of hydrogen-bond acceptors (Lipinski definition) is 4. The van der Waals surface area contributed by atoms with Crippen molar-refractivity contribution >= 4 is 5.91 Å². The molecule has 0 aromatic carbocycles. The highest BCUT2D eigenvalue weighted by Crippen LogP contribution is 2.07. The molecule has 0 aliphatic carbocycles. The Morgan fingerprint density at radius 1 is 1.75 bits per heavy atom. The second kappa shape index (κ2) is 3.36. The zero-order valence-corrected chi connectivity index (χ0v) is 7.20. The van der Waals surface area contributed by atoms with Gasteiger partial charge in [-0.3, -0.25) is 9.63 Å². The Hall–Kier alpha value is -1.36. The number of amides is 1. The predicted molar refractivity (Wildman–Crippen MR) is 40.3 cm³/mol. The largest absolute Gasteiger partial charge is 0.364 e. The Labute approximate surface area is 69.8 Å². The summed E-state index contributed by atoms with van der Waals surface area (Å²) < 4.78 is 4.61. The second-order valence-electron chi connectivity index (χ2n) is 2.30. The summed E-state index contributed by atoms with van der Waals surface area (Å²) in [6, 6.07) is 0. The third-order valence-corrected chi connectivity index (χ3v) is 1.54. The van der Waals surface area contributed by atoms with Gasteiger partial charge in [-0.1, -0.05) is 5.16 Å². The number of carbonyl (C=O) groups is 1. The zero-order valence-electron chi connectivity index (χ0n) is 7.20. The molecule has 66 valence electrons. The molecule has 0 radical (unpaired) electrons. The molecule has 0 fully saturated rings. The van der Waals surface area contributed by atoms with Gasteiger partial charge in [0.1, 0.15) is 11.8 Å². The van der Waals surface area contributed by atoms with E-state index < -0.39 is 0 Å². The second-order valence-corrected chi connectivity index (χ2v) is 2.30. The molecule has 0 spiro atoms. The van der Waals surface area contributed by atoms with Crippen LogP contribution in [-0.2, 0) is 4.84 Å². The number of aryl methyl sites for hydroxylation is 1. The molecule has 1 aromatic heterocycles. The first kappa shape index (κ1) is 8.73. The average Bonchev–Trinajstić information content (AvgIpc) is 2.48. The molecule has 0 saturated heterocycles. The maximum absolute atomic E-state index is 11.4. The molecule has 0 bridgehead atoms. The van der Waals surface area contributed by atoms with Crippen LogP contribution in [-0.4, -0.2) is 30.3 Å². The lowest BCUT2D eigenvalue weighted by molar-refractivity contribution is -0.0757. The van der Waals surface area contributed by atoms with Crippen LogP contribution < -0.4 is 0 Å². The van der Waals surface area contributed by atoms with Gasteiger partial charge in [0, 0.05) is 7.05 Å². The molecule has 5 nitrogen and oxygen atoms in total. The molecule has 1 heterocycles. The lowest BCUT2D eigenvalue weighted by Crippen LogP contribution is -2.25. The molecule has 0 N–H and O–H groups in total. The summed E-state index contributed by atoms with van der Waals surface area (Å²) in [4.78, 5) is 16.1. The van der Waals surface area contributed by atoms with E-state index in [-0.39, 0.29) is 5.91 Å². The third-order valence-electron chi connectivity index (χ3n) is 1.54. The minimum absolute atomic E-state index is 0.267. The normalized spacial score (nSPS) is 9.92. The van der Waals surface area contributed by atoms with E-state index >= 15 is 0 Å². The molecule has 0 aliphatic heterocycles. The van der Waals surface area contributed by atoms with Crippen molar-refractivity contribution in [3.63, 3.8) is 0 Å². The van der Waals surface area contributed by atoms with Crippen molar-refractivity contribution in [3.8, 4) is 0 Å². The molecule has 1 amide bonds. The molecule has 12 heavy (non-hydrogen) atoms. The number of nitrogens with zero attached hydrogens (tertiary/aromatic N) is 2. The molecule has 0 atom stereocenters. The predicted octanol–water partition coefficient (Wildman–Crippen LogP) is 0.616. The Morgan fingerprint density at radius 3 is 2.83 bits per heavy atom. The molecule has 0 saturated carbocycles. The van der Waals surface area contributed by atoms with E-state index in [0.29, 0.717) is 11.3 Å². The van der Waals surface area contributed by atoms with Crippen molar-refractivity contribution in [1.29, 1.82) is 0 Å². The first-order chi connectivity index (χ1) is 5.66. The quantitative estimate of drug-likeness (QED) is 0.610. The van der Waals surface area contributed by atoms with Gasteiger partial charge in [0.05, 0.1) is 12.8 Å². The first-order valence-corrected chi connectivity index (χ1v) is 3.40. The van der Waals surface area contributed by atoms with Crippen LogP contribution in [0.2, 0.25) is 0 Å². The molecule has 5 heteroatoms. The summed E-state index contributed by atoms with van der Waals surface area (Å²) in [5, 5.41) is 4.69. The van der Waals surface area contributed by atoms with Gasteiger partial charge in [-0.2, -0.15) is 0 Å². The van der Waals surface area contributed by atoms with E-state index in [4.69, 9.17) is 4.84 Å². The molecule has 0 aliphatic rings. The highest BCUT2D eigenvalue weighted by atomic mass is 16.7. The number of hydroxylamine groups is 2. The third kappa shape index (κ3) is 1.45. The minimum atomic E-state index is -0.267. The van der Waals surface area contributed by atoms with Crippen molar-refractivity contribution in [3.05, 3.63) is 17.5 Å². The van der Waals surface area contributed by atoms with E-state index in [1.165, 1.54) is 20.4 Å².